The summed E-state index contributed by atoms with van der Waals surface area (Å²) in [7, 11) is 0. The molecule has 6 nitrogen and oxygen atoms in total. The van der Waals surface area contributed by atoms with Crippen molar-refractivity contribution in [2.24, 2.45) is 0 Å². The highest BCUT2D eigenvalue weighted by molar-refractivity contribution is 5.57. The average Bonchev–Trinajstić information content (AvgIpc) is 2.42. The van der Waals surface area contributed by atoms with Gasteiger partial charge < -0.3 is 20.1 Å². The predicted molar refractivity (Wildman–Crippen MR) is 74.7 cm³/mol. The van der Waals surface area contributed by atoms with E-state index in [0.717, 1.165) is 29.6 Å². The highest BCUT2D eigenvalue weighted by Gasteiger charge is 2.15. The minimum atomic E-state index is 0.0889. The summed E-state index contributed by atoms with van der Waals surface area (Å²) in [4.78, 5) is 8.84. The van der Waals surface area contributed by atoms with Gasteiger partial charge in [0.1, 0.15) is 17.5 Å². The Morgan fingerprint density at radius 1 is 1.16 bits per heavy atom. The third kappa shape index (κ3) is 3.78. The van der Waals surface area contributed by atoms with Gasteiger partial charge in [-0.2, -0.15) is 0 Å². The monoisotopic (exact) mass is 266 g/mol. The number of nitrogens with one attached hydrogen (secondary N) is 2. The molecule has 1 aliphatic rings. The van der Waals surface area contributed by atoms with Crippen LogP contribution < -0.4 is 10.6 Å². The fourth-order valence-electron chi connectivity index (χ4n) is 2.01. The summed E-state index contributed by atoms with van der Waals surface area (Å²) in [6.45, 7) is 9.49. The molecule has 0 aliphatic carbocycles. The van der Waals surface area contributed by atoms with Gasteiger partial charge in [0.25, 0.3) is 0 Å². The molecule has 0 amide bonds. The minimum absolute atomic E-state index is 0.0889. The van der Waals surface area contributed by atoms with E-state index < -0.39 is 0 Å². The molecule has 1 atom stereocenters. The first kappa shape index (κ1) is 14.0. The standard InChI is InChI=1S/C13H22N4O2/c1-4-14-12-9(2)13(17-10(3)16-12)15-7-11-8-18-5-6-19-11/h11H,4-8H2,1-3H3,(H2,14,15,16,17). The highest BCUT2D eigenvalue weighted by atomic mass is 16.6. The lowest BCUT2D eigenvalue weighted by molar-refractivity contribution is -0.0819. The molecule has 106 valence electrons. The lowest BCUT2D eigenvalue weighted by atomic mass is 10.2. The molecule has 0 spiro atoms. The third-order valence-corrected chi connectivity index (χ3v) is 2.98. The van der Waals surface area contributed by atoms with Crippen LogP contribution in [0.2, 0.25) is 0 Å². The van der Waals surface area contributed by atoms with E-state index in [0.29, 0.717) is 26.4 Å². The van der Waals surface area contributed by atoms with E-state index in [9.17, 15) is 0 Å². The van der Waals surface area contributed by atoms with Crippen molar-refractivity contribution < 1.29 is 9.47 Å². The largest absolute Gasteiger partial charge is 0.376 e. The van der Waals surface area contributed by atoms with Gasteiger partial charge in [0.05, 0.1) is 25.9 Å². The Hall–Kier alpha value is -1.40. The summed E-state index contributed by atoms with van der Waals surface area (Å²) in [6.07, 6.45) is 0.0889. The smallest absolute Gasteiger partial charge is 0.134 e. The normalized spacial score (nSPS) is 19.2. The van der Waals surface area contributed by atoms with Gasteiger partial charge >= 0.3 is 0 Å². The highest BCUT2D eigenvalue weighted by Crippen LogP contribution is 2.19. The van der Waals surface area contributed by atoms with Crippen LogP contribution in [0.5, 0.6) is 0 Å². The quantitative estimate of drug-likeness (QED) is 0.838. The molecule has 19 heavy (non-hydrogen) atoms. The zero-order chi connectivity index (χ0) is 13.7. The topological polar surface area (TPSA) is 68.3 Å². The maximum atomic E-state index is 5.60. The van der Waals surface area contributed by atoms with Crippen LogP contribution in [0.1, 0.15) is 18.3 Å². The molecule has 1 aromatic heterocycles. The Bertz CT molecular complexity index is 419. The van der Waals surface area contributed by atoms with Crippen molar-refractivity contribution in [1.29, 1.82) is 0 Å². The van der Waals surface area contributed by atoms with E-state index in [2.05, 4.69) is 27.5 Å². The van der Waals surface area contributed by atoms with Gasteiger partial charge in [-0.3, -0.25) is 0 Å². The Morgan fingerprint density at radius 2 is 1.89 bits per heavy atom. The maximum absolute atomic E-state index is 5.60. The summed E-state index contributed by atoms with van der Waals surface area (Å²) in [5.74, 6) is 2.50. The van der Waals surface area contributed by atoms with Gasteiger partial charge in [-0.25, -0.2) is 9.97 Å². The van der Waals surface area contributed by atoms with Gasteiger partial charge in [-0.05, 0) is 20.8 Å². The molecule has 1 aliphatic heterocycles. The minimum Gasteiger partial charge on any atom is -0.376 e. The molecule has 2 N–H and O–H groups in total. The predicted octanol–water partition coefficient (Wildman–Crippen LogP) is 1.35. The van der Waals surface area contributed by atoms with E-state index in [1.54, 1.807) is 0 Å². The molecule has 1 saturated heterocycles. The molecule has 6 heteroatoms. The summed E-state index contributed by atoms with van der Waals surface area (Å²) >= 11 is 0. The first-order valence-electron chi connectivity index (χ1n) is 6.73. The summed E-state index contributed by atoms with van der Waals surface area (Å²) in [5, 5.41) is 6.57. The molecule has 2 heterocycles. The van der Waals surface area contributed by atoms with Crippen molar-refractivity contribution >= 4 is 11.6 Å². The van der Waals surface area contributed by atoms with Gasteiger partial charge in [0, 0.05) is 18.7 Å². The molecule has 1 unspecified atom stereocenters. The Balaban J connectivity index is 2.02. The average molecular weight is 266 g/mol. The van der Waals surface area contributed by atoms with Crippen molar-refractivity contribution in [3.63, 3.8) is 0 Å². The number of aromatic nitrogens is 2. The van der Waals surface area contributed by atoms with Crippen LogP contribution in [-0.2, 0) is 9.47 Å². The molecule has 0 bridgehead atoms. The fourth-order valence-corrected chi connectivity index (χ4v) is 2.01. The first-order chi connectivity index (χ1) is 9.20. The van der Waals surface area contributed by atoms with Gasteiger partial charge in [0.2, 0.25) is 0 Å². The second-order valence-electron chi connectivity index (χ2n) is 4.57. The van der Waals surface area contributed by atoms with Crippen molar-refractivity contribution in [3.8, 4) is 0 Å². The van der Waals surface area contributed by atoms with Crippen molar-refractivity contribution in [2.45, 2.75) is 26.9 Å². The van der Waals surface area contributed by atoms with Crippen LogP contribution in [0.4, 0.5) is 11.6 Å². The van der Waals surface area contributed by atoms with Crippen molar-refractivity contribution in [3.05, 3.63) is 11.4 Å². The van der Waals surface area contributed by atoms with Crippen LogP contribution in [0.15, 0.2) is 0 Å². The van der Waals surface area contributed by atoms with Crippen LogP contribution in [0.3, 0.4) is 0 Å². The SMILES string of the molecule is CCNc1nc(C)nc(NCC2COCCO2)c1C. The zero-order valence-electron chi connectivity index (χ0n) is 11.8. The number of nitrogens with zero attached hydrogens (tertiary/aromatic N) is 2. The Morgan fingerprint density at radius 3 is 2.53 bits per heavy atom. The number of ether oxygens (including phenoxy) is 2. The van der Waals surface area contributed by atoms with E-state index >= 15 is 0 Å². The van der Waals surface area contributed by atoms with Crippen LogP contribution in [-0.4, -0.2) is 49.0 Å². The molecular formula is C13H22N4O2. The molecule has 0 saturated carbocycles. The number of hydrogen-bond acceptors (Lipinski definition) is 6. The number of aryl methyl sites for hydroxylation is 1. The Labute approximate surface area is 113 Å². The van der Waals surface area contributed by atoms with Gasteiger partial charge in [0.15, 0.2) is 0 Å². The van der Waals surface area contributed by atoms with Crippen molar-refractivity contribution in [2.75, 3.05) is 43.5 Å². The first-order valence-corrected chi connectivity index (χ1v) is 6.73. The summed E-state index contributed by atoms with van der Waals surface area (Å²) in [6, 6.07) is 0. The number of anilines is 2. The Kier molecular flexibility index (Phi) is 4.93. The number of hydrogen-bond donors (Lipinski definition) is 2. The molecule has 0 aromatic carbocycles. The van der Waals surface area contributed by atoms with Crippen LogP contribution in [0, 0.1) is 13.8 Å². The lowest BCUT2D eigenvalue weighted by Crippen LogP contribution is -2.34. The van der Waals surface area contributed by atoms with Crippen LogP contribution in [0.25, 0.3) is 0 Å². The lowest BCUT2D eigenvalue weighted by Gasteiger charge is -2.24. The maximum Gasteiger partial charge on any atom is 0.134 e. The van der Waals surface area contributed by atoms with Gasteiger partial charge in [-0.15, -0.1) is 0 Å². The van der Waals surface area contributed by atoms with Crippen molar-refractivity contribution in [1.82, 2.24) is 9.97 Å². The molecular weight excluding hydrogens is 244 g/mol. The van der Waals surface area contributed by atoms with E-state index in [1.807, 2.05) is 13.8 Å². The fraction of sp³-hybridized carbons (Fsp3) is 0.692. The second kappa shape index (κ2) is 6.68. The third-order valence-electron chi connectivity index (χ3n) is 2.98. The molecule has 2 rings (SSSR count). The van der Waals surface area contributed by atoms with Gasteiger partial charge in [-0.1, -0.05) is 0 Å². The van der Waals surface area contributed by atoms with E-state index in [1.165, 1.54) is 0 Å². The molecule has 0 radical (unpaired) electrons. The summed E-state index contributed by atoms with van der Waals surface area (Å²) < 4.78 is 11.0. The summed E-state index contributed by atoms with van der Waals surface area (Å²) in [5.41, 5.74) is 1.03. The van der Waals surface area contributed by atoms with Crippen LogP contribution >= 0.6 is 0 Å². The molecule has 1 aromatic rings. The zero-order valence-corrected chi connectivity index (χ0v) is 11.8. The molecule has 1 fully saturated rings. The number of rotatable bonds is 5. The second-order valence-corrected chi connectivity index (χ2v) is 4.57. The van der Waals surface area contributed by atoms with E-state index in [-0.39, 0.29) is 6.10 Å². The van der Waals surface area contributed by atoms with E-state index in [4.69, 9.17) is 9.47 Å².